The summed E-state index contributed by atoms with van der Waals surface area (Å²) in [6, 6.07) is 24.9. The Morgan fingerprint density at radius 3 is 2.25 bits per heavy atom. The molecule has 1 fully saturated rings. The number of aryl methyl sites for hydroxylation is 1. The predicted molar refractivity (Wildman–Crippen MR) is 165 cm³/mol. The number of piperazine rings is 1. The van der Waals surface area contributed by atoms with Gasteiger partial charge < -0.3 is 14.0 Å². The predicted octanol–water partition coefficient (Wildman–Crippen LogP) is 7.35. The van der Waals surface area contributed by atoms with E-state index in [4.69, 9.17) is 9.72 Å². The van der Waals surface area contributed by atoms with E-state index in [0.29, 0.717) is 39.3 Å². The number of aromatic nitrogens is 2. The Morgan fingerprint density at radius 2 is 1.57 bits per heavy atom. The van der Waals surface area contributed by atoms with Crippen LogP contribution in [0.5, 0.6) is 5.75 Å². The average molecular weight is 599 g/mol. The van der Waals surface area contributed by atoms with E-state index in [9.17, 15) is 18.0 Å². The summed E-state index contributed by atoms with van der Waals surface area (Å²) in [6.07, 6.45) is -2.32. The van der Waals surface area contributed by atoms with E-state index in [-0.39, 0.29) is 11.5 Å². The monoisotopic (exact) mass is 598 g/mol. The van der Waals surface area contributed by atoms with Crippen molar-refractivity contribution in [2.75, 3.05) is 32.8 Å². The zero-order chi connectivity index (χ0) is 30.8. The quantitative estimate of drug-likeness (QED) is 0.197. The van der Waals surface area contributed by atoms with Crippen molar-refractivity contribution >= 4 is 11.6 Å². The van der Waals surface area contributed by atoms with Gasteiger partial charge in [-0.1, -0.05) is 42.0 Å². The number of amides is 1. The summed E-state index contributed by atoms with van der Waals surface area (Å²) in [7, 11) is 0. The molecule has 3 heterocycles. The van der Waals surface area contributed by atoms with Crippen LogP contribution in [0.25, 0.3) is 28.0 Å². The summed E-state index contributed by atoms with van der Waals surface area (Å²) >= 11 is 0. The van der Waals surface area contributed by atoms with Gasteiger partial charge in [-0.2, -0.15) is 13.2 Å². The summed E-state index contributed by atoms with van der Waals surface area (Å²) < 4.78 is 46.8. The maximum atomic E-state index is 13.1. The summed E-state index contributed by atoms with van der Waals surface area (Å²) in [5, 5.41) is 0. The van der Waals surface area contributed by atoms with E-state index >= 15 is 0 Å². The second-order valence-electron chi connectivity index (χ2n) is 11.0. The molecule has 0 atom stereocenters. The van der Waals surface area contributed by atoms with Crippen LogP contribution in [0.15, 0.2) is 91.1 Å². The molecule has 0 aliphatic carbocycles. The fourth-order valence-electron chi connectivity index (χ4n) is 5.60. The van der Waals surface area contributed by atoms with Gasteiger partial charge in [0.15, 0.2) is 0 Å². The summed E-state index contributed by atoms with van der Waals surface area (Å²) in [4.78, 5) is 22.1. The zero-order valence-electron chi connectivity index (χ0n) is 24.6. The number of rotatable bonds is 7. The number of benzene rings is 3. The standard InChI is InChI=1S/C35H33F3N4O2/c1-3-44-30-6-4-5-27(21-30)28-13-16-32-39-33(25-9-7-24(2)8-10-25)31(42(32)22-28)23-40-17-19-41(20-18-40)34(43)26-11-14-29(15-12-26)35(36,37)38/h4-16,21-22H,3,17-20,23H2,1-2H3. The molecule has 6 rings (SSSR count). The van der Waals surface area contributed by atoms with Crippen LogP contribution in [0.4, 0.5) is 13.2 Å². The van der Waals surface area contributed by atoms with Gasteiger partial charge in [0.05, 0.1) is 23.6 Å². The van der Waals surface area contributed by atoms with Crippen LogP contribution in [0, 0.1) is 6.92 Å². The average Bonchev–Trinajstić information content (AvgIpc) is 3.38. The second-order valence-corrected chi connectivity index (χ2v) is 11.0. The molecule has 9 heteroatoms. The number of fused-ring (bicyclic) bond motifs is 1. The molecule has 0 saturated carbocycles. The number of alkyl halides is 3. The SMILES string of the molecule is CCOc1cccc(-c2ccc3nc(-c4ccc(C)cc4)c(CN4CCN(C(=O)c5ccc(C(F)(F)F)cc5)CC4)n3c2)c1. The van der Waals surface area contributed by atoms with Crippen LogP contribution in [0.3, 0.4) is 0 Å². The first-order valence-corrected chi connectivity index (χ1v) is 14.7. The molecule has 0 bridgehead atoms. The highest BCUT2D eigenvalue weighted by atomic mass is 19.4. The summed E-state index contributed by atoms with van der Waals surface area (Å²) in [5.74, 6) is 0.562. The number of hydrogen-bond acceptors (Lipinski definition) is 4. The Kier molecular flexibility index (Phi) is 8.14. The van der Waals surface area contributed by atoms with Crippen molar-refractivity contribution in [1.29, 1.82) is 0 Å². The van der Waals surface area contributed by atoms with Gasteiger partial charge in [0, 0.05) is 50.0 Å². The molecule has 5 aromatic rings. The van der Waals surface area contributed by atoms with Gasteiger partial charge in [0.25, 0.3) is 5.91 Å². The number of nitrogens with zero attached hydrogens (tertiary/aromatic N) is 4. The first-order chi connectivity index (χ1) is 21.2. The lowest BCUT2D eigenvalue weighted by molar-refractivity contribution is -0.137. The molecule has 0 spiro atoms. The van der Waals surface area contributed by atoms with Crippen LogP contribution in [-0.2, 0) is 12.7 Å². The fourth-order valence-corrected chi connectivity index (χ4v) is 5.60. The molecule has 44 heavy (non-hydrogen) atoms. The Balaban J connectivity index is 1.26. The topological polar surface area (TPSA) is 50.1 Å². The van der Waals surface area contributed by atoms with Gasteiger partial charge in [0.2, 0.25) is 0 Å². The van der Waals surface area contributed by atoms with Gasteiger partial charge >= 0.3 is 6.18 Å². The number of imidazole rings is 1. The van der Waals surface area contributed by atoms with E-state index in [0.717, 1.165) is 51.6 Å². The Morgan fingerprint density at radius 1 is 0.864 bits per heavy atom. The van der Waals surface area contributed by atoms with Crippen molar-refractivity contribution in [2.24, 2.45) is 0 Å². The molecule has 0 radical (unpaired) electrons. The fraction of sp³-hybridized carbons (Fsp3) is 0.257. The lowest BCUT2D eigenvalue weighted by atomic mass is 10.1. The number of hydrogen-bond donors (Lipinski definition) is 0. The van der Waals surface area contributed by atoms with Crippen LogP contribution in [-0.4, -0.2) is 57.9 Å². The van der Waals surface area contributed by atoms with E-state index in [1.54, 1.807) is 4.90 Å². The largest absolute Gasteiger partial charge is 0.494 e. The van der Waals surface area contributed by atoms with Crippen molar-refractivity contribution in [1.82, 2.24) is 19.2 Å². The van der Waals surface area contributed by atoms with Crippen molar-refractivity contribution in [3.05, 3.63) is 114 Å². The number of halogens is 3. The molecule has 0 unspecified atom stereocenters. The van der Waals surface area contributed by atoms with Gasteiger partial charge in [0.1, 0.15) is 11.4 Å². The van der Waals surface area contributed by atoms with Gasteiger partial charge in [-0.15, -0.1) is 0 Å². The molecule has 226 valence electrons. The normalized spacial score (nSPS) is 14.2. The Hall–Kier alpha value is -4.63. The van der Waals surface area contributed by atoms with Gasteiger partial charge in [-0.05, 0) is 73.5 Å². The molecule has 0 N–H and O–H groups in total. The third-order valence-electron chi connectivity index (χ3n) is 8.01. The zero-order valence-corrected chi connectivity index (χ0v) is 24.6. The van der Waals surface area contributed by atoms with Crippen molar-refractivity contribution in [3.8, 4) is 28.1 Å². The minimum atomic E-state index is -4.43. The van der Waals surface area contributed by atoms with E-state index in [2.05, 4.69) is 58.8 Å². The third-order valence-corrected chi connectivity index (χ3v) is 8.01. The maximum Gasteiger partial charge on any atom is 0.416 e. The van der Waals surface area contributed by atoms with Crippen LogP contribution in [0.2, 0.25) is 0 Å². The first-order valence-electron chi connectivity index (χ1n) is 14.7. The van der Waals surface area contributed by atoms with Crippen molar-refractivity contribution < 1.29 is 22.7 Å². The smallest absolute Gasteiger partial charge is 0.416 e. The second kappa shape index (κ2) is 12.2. The number of pyridine rings is 1. The van der Waals surface area contributed by atoms with E-state index < -0.39 is 11.7 Å². The van der Waals surface area contributed by atoms with Crippen molar-refractivity contribution in [2.45, 2.75) is 26.6 Å². The van der Waals surface area contributed by atoms with E-state index in [1.807, 2.05) is 31.2 Å². The lowest BCUT2D eigenvalue weighted by Crippen LogP contribution is -2.48. The molecule has 1 aliphatic heterocycles. The van der Waals surface area contributed by atoms with Crippen LogP contribution >= 0.6 is 0 Å². The minimum absolute atomic E-state index is 0.257. The molecule has 6 nitrogen and oxygen atoms in total. The highest BCUT2D eigenvalue weighted by Gasteiger charge is 2.31. The molecule has 1 saturated heterocycles. The van der Waals surface area contributed by atoms with Crippen LogP contribution in [0.1, 0.15) is 34.1 Å². The number of carbonyl (C=O) groups is 1. The van der Waals surface area contributed by atoms with Crippen molar-refractivity contribution in [3.63, 3.8) is 0 Å². The molecule has 1 amide bonds. The third kappa shape index (κ3) is 6.19. The molecular weight excluding hydrogens is 565 g/mol. The lowest BCUT2D eigenvalue weighted by Gasteiger charge is -2.34. The first kappa shape index (κ1) is 29.4. The highest BCUT2D eigenvalue weighted by molar-refractivity contribution is 5.94. The Labute approximate surface area is 254 Å². The Bertz CT molecular complexity index is 1770. The van der Waals surface area contributed by atoms with Crippen LogP contribution < -0.4 is 4.74 Å². The number of carbonyl (C=O) groups excluding carboxylic acids is 1. The van der Waals surface area contributed by atoms with Gasteiger partial charge in [-0.3, -0.25) is 9.69 Å². The summed E-state index contributed by atoms with van der Waals surface area (Å²) in [6.45, 7) is 7.45. The number of ether oxygens (including phenoxy) is 1. The maximum absolute atomic E-state index is 13.1. The summed E-state index contributed by atoms with van der Waals surface area (Å²) in [5.41, 5.74) is 6.59. The van der Waals surface area contributed by atoms with Gasteiger partial charge in [-0.25, -0.2) is 4.98 Å². The molecule has 3 aromatic carbocycles. The molecule has 1 aliphatic rings. The molecule has 2 aromatic heterocycles. The van der Waals surface area contributed by atoms with E-state index in [1.165, 1.54) is 17.7 Å². The molecular formula is C35H33F3N4O2. The highest BCUT2D eigenvalue weighted by Crippen LogP contribution is 2.31. The minimum Gasteiger partial charge on any atom is -0.494 e.